The van der Waals surface area contributed by atoms with Gasteiger partial charge in [0, 0.05) is 17.8 Å². The number of amides is 1. The van der Waals surface area contributed by atoms with E-state index < -0.39 is 58.5 Å². The molecule has 0 unspecified atom stereocenters. The smallest absolute Gasteiger partial charge is 0.274 e. The third kappa shape index (κ3) is 4.77. The molecular formula is C25H25F3N4O3. The number of hydrogen-bond donors (Lipinski definition) is 3. The Morgan fingerprint density at radius 3 is 2.54 bits per heavy atom. The van der Waals surface area contributed by atoms with E-state index in [1.807, 2.05) is 0 Å². The number of anilines is 1. The minimum absolute atomic E-state index is 0.256. The number of carbonyl (C=O) groups is 1. The van der Waals surface area contributed by atoms with Crippen LogP contribution in [0, 0.1) is 24.4 Å². The van der Waals surface area contributed by atoms with Gasteiger partial charge in [0.1, 0.15) is 34.4 Å². The standard InChI is InChI=1S/C25H25F3N4O3/c1-12-8-16(27)22(17(28)9-12)23-15(26)4-5-18(31-23)24(33)32-19-11-30-7-6-14(19)20-10-21(29)25(3,34)13(2)35-20/h4-9,11,13,20-21,34H,10,29H2,1-3H3,(H,32,33)/t13-,20-,21-,25-/m1/s1. The first-order valence-electron chi connectivity index (χ1n) is 11.0. The molecule has 4 N–H and O–H groups in total. The third-order valence-electron chi connectivity index (χ3n) is 6.36. The van der Waals surface area contributed by atoms with Crippen LogP contribution < -0.4 is 11.1 Å². The molecule has 1 amide bonds. The molecule has 1 aliphatic heterocycles. The number of aromatic nitrogens is 2. The van der Waals surface area contributed by atoms with Gasteiger partial charge in [-0.3, -0.25) is 9.78 Å². The topological polar surface area (TPSA) is 110 Å². The van der Waals surface area contributed by atoms with Crippen LogP contribution in [0.1, 0.15) is 48.0 Å². The van der Waals surface area contributed by atoms with Gasteiger partial charge >= 0.3 is 0 Å². The van der Waals surface area contributed by atoms with Crippen LogP contribution in [0.2, 0.25) is 0 Å². The minimum Gasteiger partial charge on any atom is -0.386 e. The third-order valence-corrected chi connectivity index (χ3v) is 6.36. The van der Waals surface area contributed by atoms with Crippen molar-refractivity contribution >= 4 is 11.6 Å². The molecule has 0 bridgehead atoms. The summed E-state index contributed by atoms with van der Waals surface area (Å²) in [5.41, 5.74) is 4.60. The second-order valence-corrected chi connectivity index (χ2v) is 8.88. The van der Waals surface area contributed by atoms with Crippen LogP contribution in [-0.2, 0) is 4.74 Å². The van der Waals surface area contributed by atoms with Crippen LogP contribution in [0.4, 0.5) is 18.9 Å². The Bertz CT molecular complexity index is 1250. The molecule has 3 heterocycles. The quantitative estimate of drug-likeness (QED) is 0.513. The number of hydrogen-bond acceptors (Lipinski definition) is 6. The second-order valence-electron chi connectivity index (χ2n) is 8.88. The summed E-state index contributed by atoms with van der Waals surface area (Å²) in [7, 11) is 0. The predicted octanol–water partition coefficient (Wildman–Crippen LogP) is 4.05. The number of rotatable bonds is 4. The zero-order valence-corrected chi connectivity index (χ0v) is 19.3. The number of nitrogens with one attached hydrogen (secondary N) is 1. The summed E-state index contributed by atoms with van der Waals surface area (Å²) >= 11 is 0. The summed E-state index contributed by atoms with van der Waals surface area (Å²) in [6.07, 6.45) is 2.10. The van der Waals surface area contributed by atoms with E-state index in [0.717, 1.165) is 24.3 Å². The molecule has 7 nitrogen and oxygen atoms in total. The molecule has 0 saturated carbocycles. The number of ether oxygens (including phenoxy) is 1. The van der Waals surface area contributed by atoms with Crippen molar-refractivity contribution in [3.05, 3.63) is 77.0 Å². The largest absolute Gasteiger partial charge is 0.386 e. The maximum Gasteiger partial charge on any atom is 0.274 e. The Hall–Kier alpha value is -3.34. The number of carbonyl (C=O) groups excluding carboxylic acids is 1. The second kappa shape index (κ2) is 9.37. The highest BCUT2D eigenvalue weighted by Crippen LogP contribution is 2.38. The SMILES string of the molecule is Cc1cc(F)c(-c2nc(C(=O)Nc3cnccc3[C@H]3C[C@@H](N)[C@](C)(O)[C@@H](C)O3)ccc2F)c(F)c1. The average Bonchev–Trinajstić information content (AvgIpc) is 2.78. The Balaban J connectivity index is 1.64. The summed E-state index contributed by atoms with van der Waals surface area (Å²) < 4.78 is 49.3. The van der Waals surface area contributed by atoms with Crippen LogP contribution in [0.5, 0.6) is 0 Å². The molecule has 4 atom stereocenters. The first-order chi connectivity index (χ1) is 16.5. The molecule has 35 heavy (non-hydrogen) atoms. The molecule has 1 fully saturated rings. The summed E-state index contributed by atoms with van der Waals surface area (Å²) in [6, 6.07) is 5.23. The highest BCUT2D eigenvalue weighted by Gasteiger charge is 2.43. The van der Waals surface area contributed by atoms with Gasteiger partial charge in [-0.1, -0.05) is 0 Å². The molecule has 1 aliphatic rings. The van der Waals surface area contributed by atoms with Crippen LogP contribution in [-0.4, -0.2) is 38.7 Å². The van der Waals surface area contributed by atoms with E-state index in [9.17, 15) is 23.1 Å². The lowest BCUT2D eigenvalue weighted by atomic mass is 9.83. The Morgan fingerprint density at radius 2 is 1.89 bits per heavy atom. The van der Waals surface area contributed by atoms with Crippen molar-refractivity contribution in [3.8, 4) is 11.3 Å². The molecule has 4 rings (SSSR count). The summed E-state index contributed by atoms with van der Waals surface area (Å²) in [5, 5.41) is 13.2. The number of nitrogens with zero attached hydrogens (tertiary/aromatic N) is 2. The van der Waals surface area contributed by atoms with E-state index in [-0.39, 0.29) is 12.1 Å². The van der Waals surface area contributed by atoms with Gasteiger partial charge in [0.15, 0.2) is 0 Å². The summed E-state index contributed by atoms with van der Waals surface area (Å²) in [6.45, 7) is 4.81. The minimum atomic E-state index is -1.22. The van der Waals surface area contributed by atoms with Crippen LogP contribution >= 0.6 is 0 Å². The Labute approximate surface area is 200 Å². The highest BCUT2D eigenvalue weighted by atomic mass is 19.1. The number of aryl methyl sites for hydroxylation is 1. The van der Waals surface area contributed by atoms with Gasteiger partial charge in [-0.15, -0.1) is 0 Å². The number of aliphatic hydroxyl groups is 1. The lowest BCUT2D eigenvalue weighted by Crippen LogP contribution is -2.58. The zero-order chi connectivity index (χ0) is 25.5. The number of nitrogens with two attached hydrogens (primary N) is 1. The molecule has 2 aromatic heterocycles. The summed E-state index contributed by atoms with van der Waals surface area (Å²) in [4.78, 5) is 20.9. The van der Waals surface area contributed by atoms with Gasteiger partial charge in [-0.2, -0.15) is 0 Å². The molecule has 184 valence electrons. The molecule has 1 saturated heterocycles. The molecule has 0 spiro atoms. The van der Waals surface area contributed by atoms with E-state index >= 15 is 0 Å². The highest BCUT2D eigenvalue weighted by molar-refractivity contribution is 6.03. The molecule has 0 aliphatic carbocycles. The number of pyridine rings is 2. The fraction of sp³-hybridized carbons (Fsp3) is 0.320. The lowest BCUT2D eigenvalue weighted by Gasteiger charge is -2.44. The van der Waals surface area contributed by atoms with Gasteiger partial charge in [0.05, 0.1) is 29.7 Å². The van der Waals surface area contributed by atoms with Crippen LogP contribution in [0.25, 0.3) is 11.3 Å². The van der Waals surface area contributed by atoms with Crippen LogP contribution in [0.15, 0.2) is 42.7 Å². The van der Waals surface area contributed by atoms with Crippen molar-refractivity contribution in [2.75, 3.05) is 5.32 Å². The molecule has 3 aromatic rings. The van der Waals surface area contributed by atoms with Crippen molar-refractivity contribution in [2.45, 2.75) is 51.0 Å². The maximum absolute atomic E-state index is 14.5. The normalized spacial score (nSPS) is 24.3. The van der Waals surface area contributed by atoms with Crippen molar-refractivity contribution in [1.82, 2.24) is 9.97 Å². The lowest BCUT2D eigenvalue weighted by molar-refractivity contribution is -0.171. The zero-order valence-electron chi connectivity index (χ0n) is 19.3. The van der Waals surface area contributed by atoms with Crippen molar-refractivity contribution in [1.29, 1.82) is 0 Å². The fourth-order valence-electron chi connectivity index (χ4n) is 4.06. The Morgan fingerprint density at radius 1 is 1.20 bits per heavy atom. The van der Waals surface area contributed by atoms with Gasteiger partial charge in [-0.25, -0.2) is 18.2 Å². The molecule has 10 heteroatoms. The van der Waals surface area contributed by atoms with Crippen LogP contribution in [0.3, 0.4) is 0 Å². The van der Waals surface area contributed by atoms with Gasteiger partial charge in [0.25, 0.3) is 5.91 Å². The maximum atomic E-state index is 14.5. The van der Waals surface area contributed by atoms with E-state index in [2.05, 4.69) is 15.3 Å². The van der Waals surface area contributed by atoms with E-state index in [4.69, 9.17) is 10.5 Å². The van der Waals surface area contributed by atoms with Gasteiger partial charge in [0.2, 0.25) is 0 Å². The molecule has 0 radical (unpaired) electrons. The van der Waals surface area contributed by atoms with Gasteiger partial charge in [-0.05, 0) is 63.1 Å². The average molecular weight is 486 g/mol. The van der Waals surface area contributed by atoms with Crippen molar-refractivity contribution in [3.63, 3.8) is 0 Å². The number of benzene rings is 1. The summed E-state index contributed by atoms with van der Waals surface area (Å²) in [5.74, 6) is -3.70. The predicted molar refractivity (Wildman–Crippen MR) is 123 cm³/mol. The molecule has 1 aromatic carbocycles. The monoisotopic (exact) mass is 486 g/mol. The van der Waals surface area contributed by atoms with Crippen molar-refractivity contribution in [2.24, 2.45) is 5.73 Å². The first kappa shape index (κ1) is 24.8. The number of halogens is 3. The first-order valence-corrected chi connectivity index (χ1v) is 11.0. The van der Waals surface area contributed by atoms with E-state index in [1.54, 1.807) is 19.9 Å². The molecular weight excluding hydrogens is 461 g/mol. The van der Waals surface area contributed by atoms with Gasteiger partial charge < -0.3 is 20.9 Å². The van der Waals surface area contributed by atoms with E-state index in [0.29, 0.717) is 16.8 Å². The Kier molecular flexibility index (Phi) is 6.63. The van der Waals surface area contributed by atoms with Crippen molar-refractivity contribution < 1.29 is 27.8 Å². The fourth-order valence-corrected chi connectivity index (χ4v) is 4.06. The van der Waals surface area contributed by atoms with E-state index in [1.165, 1.54) is 19.3 Å².